The summed E-state index contributed by atoms with van der Waals surface area (Å²) in [7, 11) is -3.38. The second-order valence-corrected chi connectivity index (χ2v) is 9.32. The Hall–Kier alpha value is -1.60. The van der Waals surface area contributed by atoms with Gasteiger partial charge in [0.2, 0.25) is 15.9 Å². The third-order valence-corrected chi connectivity index (χ3v) is 6.30. The number of sulfonamides is 1. The highest BCUT2D eigenvalue weighted by molar-refractivity contribution is 7.89. The molecule has 1 saturated heterocycles. The number of benzene rings is 1. The molecule has 1 aromatic rings. The first-order valence-corrected chi connectivity index (χ1v) is 11.0. The zero-order valence-corrected chi connectivity index (χ0v) is 16.1. The number of nitrogens with zero attached hydrogens (tertiary/aromatic N) is 1. The van der Waals surface area contributed by atoms with Crippen molar-refractivity contribution in [2.45, 2.75) is 32.6 Å². The SMILES string of the molecule is Cc1ccc(OCCS(=O)(=O)NCC2CCCN(C(=O)C3CC3)C2)cc1. The Kier molecular flexibility index (Phi) is 6.19. The minimum Gasteiger partial charge on any atom is -0.492 e. The molecule has 144 valence electrons. The van der Waals surface area contributed by atoms with Crippen LogP contribution in [-0.4, -0.2) is 51.2 Å². The van der Waals surface area contributed by atoms with Crippen molar-refractivity contribution in [3.63, 3.8) is 0 Å². The molecule has 1 heterocycles. The fourth-order valence-electron chi connectivity index (χ4n) is 3.24. The van der Waals surface area contributed by atoms with Crippen LogP contribution >= 0.6 is 0 Å². The van der Waals surface area contributed by atoms with E-state index in [-0.39, 0.29) is 30.1 Å². The van der Waals surface area contributed by atoms with Crippen molar-refractivity contribution in [3.8, 4) is 5.75 Å². The van der Waals surface area contributed by atoms with Crippen molar-refractivity contribution in [1.82, 2.24) is 9.62 Å². The van der Waals surface area contributed by atoms with Gasteiger partial charge in [-0.3, -0.25) is 4.79 Å². The molecule has 2 fully saturated rings. The van der Waals surface area contributed by atoms with Crippen LogP contribution in [0, 0.1) is 18.8 Å². The minimum absolute atomic E-state index is 0.0711. The zero-order chi connectivity index (χ0) is 18.6. The quantitative estimate of drug-likeness (QED) is 0.748. The molecule has 3 rings (SSSR count). The van der Waals surface area contributed by atoms with E-state index in [9.17, 15) is 13.2 Å². The van der Waals surface area contributed by atoms with E-state index in [1.807, 2.05) is 36.1 Å². The van der Waals surface area contributed by atoms with Crippen molar-refractivity contribution >= 4 is 15.9 Å². The highest BCUT2D eigenvalue weighted by Crippen LogP contribution is 2.32. The number of ether oxygens (including phenoxy) is 1. The summed E-state index contributed by atoms with van der Waals surface area (Å²) in [5, 5.41) is 0. The summed E-state index contributed by atoms with van der Waals surface area (Å²) >= 11 is 0. The molecule has 1 N–H and O–H groups in total. The van der Waals surface area contributed by atoms with Crippen LogP contribution < -0.4 is 9.46 Å². The van der Waals surface area contributed by atoms with Gasteiger partial charge in [0.05, 0.1) is 5.75 Å². The third kappa shape index (κ3) is 5.71. The Morgan fingerprint density at radius 3 is 2.65 bits per heavy atom. The van der Waals surface area contributed by atoms with E-state index < -0.39 is 10.0 Å². The molecule has 1 aliphatic carbocycles. The number of hydrogen-bond acceptors (Lipinski definition) is 4. The topological polar surface area (TPSA) is 75.7 Å². The molecule has 0 aromatic heterocycles. The maximum Gasteiger partial charge on any atom is 0.225 e. The van der Waals surface area contributed by atoms with Crippen molar-refractivity contribution in [1.29, 1.82) is 0 Å². The second-order valence-electron chi connectivity index (χ2n) is 7.40. The molecule has 1 aromatic carbocycles. The number of hydrogen-bond donors (Lipinski definition) is 1. The summed E-state index contributed by atoms with van der Waals surface area (Å²) in [6.07, 6.45) is 3.92. The van der Waals surface area contributed by atoms with Gasteiger partial charge in [-0.2, -0.15) is 0 Å². The summed E-state index contributed by atoms with van der Waals surface area (Å²) in [5.41, 5.74) is 1.13. The standard InChI is InChI=1S/C19H28N2O4S/c1-15-4-8-18(9-5-15)25-11-12-26(23,24)20-13-16-3-2-10-21(14-16)19(22)17-6-7-17/h4-5,8-9,16-17,20H,2-3,6-7,10-14H2,1H3. The van der Waals surface area contributed by atoms with Gasteiger partial charge >= 0.3 is 0 Å². The lowest BCUT2D eigenvalue weighted by molar-refractivity contribution is -0.134. The van der Waals surface area contributed by atoms with Crippen LogP contribution in [0.3, 0.4) is 0 Å². The predicted octanol–water partition coefficient (Wildman–Crippen LogP) is 1.94. The van der Waals surface area contributed by atoms with E-state index in [1.165, 1.54) is 0 Å². The molecule has 1 atom stereocenters. The molecule has 26 heavy (non-hydrogen) atoms. The van der Waals surface area contributed by atoms with E-state index in [0.29, 0.717) is 18.8 Å². The number of aryl methyl sites for hydroxylation is 1. The van der Waals surface area contributed by atoms with Crippen molar-refractivity contribution in [2.75, 3.05) is 32.0 Å². The number of carbonyl (C=O) groups excluding carboxylic acids is 1. The van der Waals surface area contributed by atoms with Crippen LogP contribution in [0.4, 0.5) is 0 Å². The van der Waals surface area contributed by atoms with Crippen LogP contribution in [0.1, 0.15) is 31.2 Å². The Morgan fingerprint density at radius 2 is 1.96 bits per heavy atom. The molecule has 1 amide bonds. The molecule has 0 radical (unpaired) electrons. The van der Waals surface area contributed by atoms with E-state index >= 15 is 0 Å². The average molecular weight is 381 g/mol. The highest BCUT2D eigenvalue weighted by atomic mass is 32.2. The van der Waals surface area contributed by atoms with Gasteiger partial charge < -0.3 is 9.64 Å². The van der Waals surface area contributed by atoms with Gasteiger partial charge in [0, 0.05) is 25.6 Å². The number of likely N-dealkylation sites (tertiary alicyclic amines) is 1. The Bertz CT molecular complexity index is 714. The number of rotatable bonds is 8. The van der Waals surface area contributed by atoms with Crippen LogP contribution in [0.25, 0.3) is 0 Å². The van der Waals surface area contributed by atoms with Crippen LogP contribution in [0.5, 0.6) is 5.75 Å². The van der Waals surface area contributed by atoms with E-state index in [0.717, 1.165) is 37.8 Å². The molecule has 7 heteroatoms. The van der Waals surface area contributed by atoms with Gasteiger partial charge in [0.25, 0.3) is 0 Å². The third-order valence-electron chi connectivity index (χ3n) is 4.99. The fourth-order valence-corrected chi connectivity index (χ4v) is 4.18. The molecule has 1 unspecified atom stereocenters. The number of amides is 1. The van der Waals surface area contributed by atoms with Gasteiger partial charge in [-0.15, -0.1) is 0 Å². The van der Waals surface area contributed by atoms with Crippen molar-refractivity contribution in [2.24, 2.45) is 11.8 Å². The first-order chi connectivity index (χ1) is 12.4. The summed E-state index contributed by atoms with van der Waals surface area (Å²) in [5.74, 6) is 1.28. The number of nitrogens with one attached hydrogen (secondary N) is 1. The molecule has 0 bridgehead atoms. The normalized spacial score (nSPS) is 20.8. The van der Waals surface area contributed by atoms with Gasteiger partial charge in [-0.1, -0.05) is 17.7 Å². The number of carbonyl (C=O) groups is 1. The Balaban J connectivity index is 1.39. The summed E-state index contributed by atoms with van der Waals surface area (Å²) in [4.78, 5) is 14.1. The van der Waals surface area contributed by atoms with E-state index in [2.05, 4.69) is 4.72 Å². The molecular weight excluding hydrogens is 352 g/mol. The first kappa shape index (κ1) is 19.2. The van der Waals surface area contributed by atoms with E-state index in [1.54, 1.807) is 0 Å². The average Bonchev–Trinajstić information content (AvgIpc) is 3.46. The number of piperidine rings is 1. The summed E-state index contributed by atoms with van der Waals surface area (Å²) < 4.78 is 32.5. The predicted molar refractivity (Wildman–Crippen MR) is 100 cm³/mol. The minimum atomic E-state index is -3.38. The summed E-state index contributed by atoms with van der Waals surface area (Å²) in [6, 6.07) is 7.53. The van der Waals surface area contributed by atoms with E-state index in [4.69, 9.17) is 4.74 Å². The Morgan fingerprint density at radius 1 is 1.23 bits per heavy atom. The lowest BCUT2D eigenvalue weighted by Crippen LogP contribution is -2.44. The van der Waals surface area contributed by atoms with Gasteiger partial charge in [-0.25, -0.2) is 13.1 Å². The lowest BCUT2D eigenvalue weighted by Gasteiger charge is -2.33. The lowest BCUT2D eigenvalue weighted by atomic mass is 9.98. The van der Waals surface area contributed by atoms with Crippen LogP contribution in [0.2, 0.25) is 0 Å². The molecule has 2 aliphatic rings. The van der Waals surface area contributed by atoms with Gasteiger partial charge in [-0.05, 0) is 50.7 Å². The maximum atomic E-state index is 12.2. The van der Waals surface area contributed by atoms with Crippen LogP contribution in [-0.2, 0) is 14.8 Å². The smallest absolute Gasteiger partial charge is 0.225 e. The maximum absolute atomic E-state index is 12.2. The molecule has 1 saturated carbocycles. The Labute approximate surface area is 156 Å². The van der Waals surface area contributed by atoms with Gasteiger partial charge in [0.15, 0.2) is 0 Å². The monoisotopic (exact) mass is 380 g/mol. The van der Waals surface area contributed by atoms with Gasteiger partial charge in [0.1, 0.15) is 12.4 Å². The van der Waals surface area contributed by atoms with Crippen molar-refractivity contribution < 1.29 is 17.9 Å². The largest absolute Gasteiger partial charge is 0.492 e. The molecule has 6 nitrogen and oxygen atoms in total. The van der Waals surface area contributed by atoms with Crippen molar-refractivity contribution in [3.05, 3.63) is 29.8 Å². The molecular formula is C19H28N2O4S. The zero-order valence-electron chi connectivity index (χ0n) is 15.3. The second kappa shape index (κ2) is 8.39. The molecule has 0 spiro atoms. The summed E-state index contributed by atoms with van der Waals surface area (Å²) in [6.45, 7) is 3.97. The fraction of sp³-hybridized carbons (Fsp3) is 0.632. The molecule has 1 aliphatic heterocycles. The first-order valence-electron chi connectivity index (χ1n) is 9.38. The van der Waals surface area contributed by atoms with Crippen LogP contribution in [0.15, 0.2) is 24.3 Å². The highest BCUT2D eigenvalue weighted by Gasteiger charge is 2.35.